The van der Waals surface area contributed by atoms with Crippen LogP contribution in [-0.4, -0.2) is 19.2 Å². The SMILES string of the molecule is CC(C)CCCOC(CNC1CC1)c1ccccc1. The first-order valence-electron chi connectivity index (χ1n) is 7.65. The van der Waals surface area contributed by atoms with Crippen LogP contribution in [0.2, 0.25) is 0 Å². The highest BCUT2D eigenvalue weighted by Gasteiger charge is 2.22. The highest BCUT2D eigenvalue weighted by molar-refractivity contribution is 5.18. The van der Waals surface area contributed by atoms with E-state index in [0.717, 1.165) is 31.5 Å². The Bertz CT molecular complexity index is 346. The van der Waals surface area contributed by atoms with Crippen LogP contribution in [0.5, 0.6) is 0 Å². The summed E-state index contributed by atoms with van der Waals surface area (Å²) in [5, 5.41) is 3.58. The van der Waals surface area contributed by atoms with Gasteiger partial charge in [-0.05, 0) is 37.2 Å². The maximum Gasteiger partial charge on any atom is 0.0949 e. The van der Waals surface area contributed by atoms with E-state index in [2.05, 4.69) is 49.5 Å². The zero-order chi connectivity index (χ0) is 13.5. The Balaban J connectivity index is 1.79. The van der Waals surface area contributed by atoms with Gasteiger partial charge in [-0.25, -0.2) is 0 Å². The van der Waals surface area contributed by atoms with Crippen molar-refractivity contribution < 1.29 is 4.74 Å². The highest BCUT2D eigenvalue weighted by atomic mass is 16.5. The lowest BCUT2D eigenvalue weighted by Gasteiger charge is -2.19. The molecule has 0 bridgehead atoms. The molecule has 1 N–H and O–H groups in total. The summed E-state index contributed by atoms with van der Waals surface area (Å²) < 4.78 is 6.09. The molecule has 19 heavy (non-hydrogen) atoms. The van der Waals surface area contributed by atoms with Gasteiger partial charge in [0.1, 0.15) is 0 Å². The van der Waals surface area contributed by atoms with Crippen molar-refractivity contribution in [3.63, 3.8) is 0 Å². The standard InChI is InChI=1S/C17H27NO/c1-14(2)7-6-12-19-17(13-18-16-10-11-16)15-8-4-3-5-9-15/h3-5,8-9,14,16-18H,6-7,10-13H2,1-2H3. The molecule has 1 aliphatic carbocycles. The Morgan fingerprint density at radius 3 is 2.58 bits per heavy atom. The van der Waals surface area contributed by atoms with E-state index in [1.54, 1.807) is 0 Å². The van der Waals surface area contributed by atoms with Crippen LogP contribution in [0.25, 0.3) is 0 Å². The van der Waals surface area contributed by atoms with Gasteiger partial charge in [0, 0.05) is 19.2 Å². The van der Waals surface area contributed by atoms with Crippen LogP contribution in [0.1, 0.15) is 51.2 Å². The monoisotopic (exact) mass is 261 g/mol. The summed E-state index contributed by atoms with van der Waals surface area (Å²) in [7, 11) is 0. The number of nitrogens with one attached hydrogen (secondary N) is 1. The molecule has 106 valence electrons. The average molecular weight is 261 g/mol. The molecule has 0 amide bonds. The molecule has 1 saturated carbocycles. The van der Waals surface area contributed by atoms with Crippen molar-refractivity contribution in [2.24, 2.45) is 5.92 Å². The lowest BCUT2D eigenvalue weighted by atomic mass is 10.1. The molecule has 1 aromatic carbocycles. The zero-order valence-electron chi connectivity index (χ0n) is 12.3. The number of rotatable bonds is 9. The molecule has 0 aliphatic heterocycles. The maximum absolute atomic E-state index is 6.09. The molecule has 2 nitrogen and oxygen atoms in total. The Labute approximate surface area is 117 Å². The average Bonchev–Trinajstić information content (AvgIpc) is 3.23. The van der Waals surface area contributed by atoms with Crippen LogP contribution >= 0.6 is 0 Å². The summed E-state index contributed by atoms with van der Waals surface area (Å²) in [6.45, 7) is 6.34. The van der Waals surface area contributed by atoms with E-state index in [1.807, 2.05) is 0 Å². The summed E-state index contributed by atoms with van der Waals surface area (Å²) in [5.41, 5.74) is 1.29. The molecule has 1 unspecified atom stereocenters. The predicted octanol–water partition coefficient (Wildman–Crippen LogP) is 3.93. The van der Waals surface area contributed by atoms with Crippen LogP contribution in [0.15, 0.2) is 30.3 Å². The van der Waals surface area contributed by atoms with Gasteiger partial charge in [0.15, 0.2) is 0 Å². The molecule has 1 aliphatic rings. The van der Waals surface area contributed by atoms with Crippen LogP contribution in [0.4, 0.5) is 0 Å². The second-order valence-corrected chi connectivity index (χ2v) is 5.99. The third-order valence-electron chi connectivity index (χ3n) is 3.59. The van der Waals surface area contributed by atoms with Gasteiger partial charge in [0.25, 0.3) is 0 Å². The van der Waals surface area contributed by atoms with Gasteiger partial charge < -0.3 is 10.1 Å². The zero-order valence-corrected chi connectivity index (χ0v) is 12.3. The Morgan fingerprint density at radius 2 is 1.95 bits per heavy atom. The van der Waals surface area contributed by atoms with E-state index in [4.69, 9.17) is 4.74 Å². The Morgan fingerprint density at radius 1 is 1.21 bits per heavy atom. The van der Waals surface area contributed by atoms with E-state index in [1.165, 1.54) is 24.8 Å². The van der Waals surface area contributed by atoms with Gasteiger partial charge in [-0.1, -0.05) is 44.2 Å². The molecule has 0 spiro atoms. The van der Waals surface area contributed by atoms with Gasteiger partial charge in [-0.15, -0.1) is 0 Å². The number of hydrogen-bond acceptors (Lipinski definition) is 2. The van der Waals surface area contributed by atoms with Crippen molar-refractivity contribution in [2.75, 3.05) is 13.2 Å². The molecule has 1 aromatic rings. The van der Waals surface area contributed by atoms with E-state index in [9.17, 15) is 0 Å². The smallest absolute Gasteiger partial charge is 0.0949 e. The normalized spacial score (nSPS) is 16.8. The number of hydrogen-bond donors (Lipinski definition) is 1. The molecule has 1 atom stereocenters. The van der Waals surface area contributed by atoms with Crippen molar-refractivity contribution in [3.05, 3.63) is 35.9 Å². The summed E-state index contributed by atoms with van der Waals surface area (Å²) in [4.78, 5) is 0. The van der Waals surface area contributed by atoms with Crippen LogP contribution in [0.3, 0.4) is 0 Å². The fourth-order valence-corrected chi connectivity index (χ4v) is 2.22. The summed E-state index contributed by atoms with van der Waals surface area (Å²) in [6, 6.07) is 11.3. The molecule has 2 heteroatoms. The molecular weight excluding hydrogens is 234 g/mol. The van der Waals surface area contributed by atoms with Gasteiger partial charge in [-0.2, -0.15) is 0 Å². The van der Waals surface area contributed by atoms with E-state index >= 15 is 0 Å². The molecule has 0 aromatic heterocycles. The summed E-state index contributed by atoms with van der Waals surface area (Å²) >= 11 is 0. The second-order valence-electron chi connectivity index (χ2n) is 5.99. The minimum absolute atomic E-state index is 0.203. The fourth-order valence-electron chi connectivity index (χ4n) is 2.22. The van der Waals surface area contributed by atoms with Crippen LogP contribution in [-0.2, 0) is 4.74 Å². The predicted molar refractivity (Wildman–Crippen MR) is 80.2 cm³/mol. The van der Waals surface area contributed by atoms with Gasteiger partial charge in [-0.3, -0.25) is 0 Å². The summed E-state index contributed by atoms with van der Waals surface area (Å²) in [5.74, 6) is 0.767. The lowest BCUT2D eigenvalue weighted by Crippen LogP contribution is -2.25. The third-order valence-corrected chi connectivity index (χ3v) is 3.59. The molecule has 0 radical (unpaired) electrons. The number of benzene rings is 1. The summed E-state index contributed by atoms with van der Waals surface area (Å²) in [6.07, 6.45) is 5.26. The van der Waals surface area contributed by atoms with Crippen molar-refractivity contribution in [1.82, 2.24) is 5.32 Å². The quantitative estimate of drug-likeness (QED) is 0.680. The van der Waals surface area contributed by atoms with Gasteiger partial charge in [0.05, 0.1) is 6.10 Å². The first-order valence-corrected chi connectivity index (χ1v) is 7.65. The second kappa shape index (κ2) is 7.66. The molecule has 1 fully saturated rings. The minimum atomic E-state index is 0.203. The topological polar surface area (TPSA) is 21.3 Å². The molecule has 2 rings (SSSR count). The lowest BCUT2D eigenvalue weighted by molar-refractivity contribution is 0.0484. The van der Waals surface area contributed by atoms with Crippen molar-refractivity contribution >= 4 is 0 Å². The third kappa shape index (κ3) is 5.75. The van der Waals surface area contributed by atoms with Gasteiger partial charge >= 0.3 is 0 Å². The fraction of sp³-hybridized carbons (Fsp3) is 0.647. The number of ether oxygens (including phenoxy) is 1. The maximum atomic E-state index is 6.09. The minimum Gasteiger partial charge on any atom is -0.372 e. The van der Waals surface area contributed by atoms with Crippen LogP contribution < -0.4 is 5.32 Å². The van der Waals surface area contributed by atoms with Gasteiger partial charge in [0.2, 0.25) is 0 Å². The van der Waals surface area contributed by atoms with E-state index in [0.29, 0.717) is 0 Å². The largest absolute Gasteiger partial charge is 0.372 e. The first kappa shape index (κ1) is 14.5. The first-order chi connectivity index (χ1) is 9.25. The van der Waals surface area contributed by atoms with Crippen molar-refractivity contribution in [1.29, 1.82) is 0 Å². The Kier molecular flexibility index (Phi) is 5.87. The molecular formula is C17H27NO. The molecule has 0 saturated heterocycles. The Hall–Kier alpha value is -0.860. The van der Waals surface area contributed by atoms with Crippen molar-refractivity contribution in [2.45, 2.75) is 51.7 Å². The molecule has 0 heterocycles. The van der Waals surface area contributed by atoms with E-state index < -0.39 is 0 Å². The van der Waals surface area contributed by atoms with Crippen molar-refractivity contribution in [3.8, 4) is 0 Å². The van der Waals surface area contributed by atoms with E-state index in [-0.39, 0.29) is 6.10 Å². The van der Waals surface area contributed by atoms with Crippen LogP contribution in [0, 0.1) is 5.92 Å². The highest BCUT2D eigenvalue weighted by Crippen LogP contribution is 2.22.